The van der Waals surface area contributed by atoms with E-state index in [4.69, 9.17) is 0 Å². The van der Waals surface area contributed by atoms with Crippen LogP contribution in [-0.2, 0) is 0 Å². The predicted octanol–water partition coefficient (Wildman–Crippen LogP) is 0.911. The molecule has 1 atom stereocenters. The predicted molar refractivity (Wildman–Crippen MR) is 24.2 cm³/mol. The van der Waals surface area contributed by atoms with Crippen LogP contribution in [0.5, 0.6) is 0 Å². The highest BCUT2D eigenvalue weighted by Gasteiger charge is 1.92. The Morgan fingerprint density at radius 1 is 1.83 bits per heavy atom. The van der Waals surface area contributed by atoms with E-state index in [1.54, 1.807) is 14.0 Å². The van der Waals surface area contributed by atoms with E-state index >= 15 is 0 Å². The van der Waals surface area contributed by atoms with Crippen molar-refractivity contribution < 1.29 is 4.39 Å². The van der Waals surface area contributed by atoms with Gasteiger partial charge in [-0.05, 0) is 13.5 Å². The van der Waals surface area contributed by atoms with E-state index in [0.29, 0.717) is 6.42 Å². The third kappa shape index (κ3) is 2.15. The highest BCUT2D eigenvalue weighted by atomic mass is 19.1. The summed E-state index contributed by atoms with van der Waals surface area (Å²) in [5, 5.41) is 2.45. The Hall–Kier alpha value is -0.110. The Morgan fingerprint density at radius 3 is 2.33 bits per heavy atom. The summed E-state index contributed by atoms with van der Waals surface area (Å²) in [6, 6.07) is 0. The first-order chi connectivity index (χ1) is 2.81. The summed E-state index contributed by atoms with van der Waals surface area (Å²) in [6.07, 6.45) is -0.263. The van der Waals surface area contributed by atoms with Crippen LogP contribution >= 0.6 is 0 Å². The number of rotatable bonds is 2. The lowest BCUT2D eigenvalue weighted by atomic mass is 10.5. The molecule has 0 fully saturated rings. The molecule has 0 unspecified atom stereocenters. The highest BCUT2D eigenvalue weighted by molar-refractivity contribution is 4.39. The molecule has 0 amide bonds. The minimum atomic E-state index is -0.815. The standard InChI is InChI=1S/C4H10FN/c1-3-4(5)6-2/h4,6H,3H2,1-2H3/t4-/m1/s1. The average molecular weight is 91.1 g/mol. The second-order valence-electron chi connectivity index (χ2n) is 1.16. The van der Waals surface area contributed by atoms with Crippen LogP contribution in [0.1, 0.15) is 13.3 Å². The fourth-order valence-electron chi connectivity index (χ4n) is 0.204. The van der Waals surface area contributed by atoms with Crippen LogP contribution in [0.25, 0.3) is 0 Å². The van der Waals surface area contributed by atoms with Crippen molar-refractivity contribution in [2.75, 3.05) is 7.05 Å². The van der Waals surface area contributed by atoms with Crippen LogP contribution in [0.3, 0.4) is 0 Å². The molecule has 0 aromatic heterocycles. The lowest BCUT2D eigenvalue weighted by Gasteiger charge is -1.97. The summed E-state index contributed by atoms with van der Waals surface area (Å²) in [6.45, 7) is 1.79. The first kappa shape index (κ1) is 5.89. The molecule has 0 saturated heterocycles. The van der Waals surface area contributed by atoms with Crippen molar-refractivity contribution in [3.05, 3.63) is 0 Å². The lowest BCUT2D eigenvalue weighted by Crippen LogP contribution is -2.17. The molecule has 0 bridgehead atoms. The zero-order chi connectivity index (χ0) is 4.99. The number of alkyl halides is 1. The maximum absolute atomic E-state index is 11.8. The van der Waals surface area contributed by atoms with Gasteiger partial charge in [-0.15, -0.1) is 0 Å². The molecule has 2 heteroatoms. The Balaban J connectivity index is 2.75. The molecule has 0 aromatic carbocycles. The summed E-state index contributed by atoms with van der Waals surface area (Å²) >= 11 is 0. The Bertz CT molecular complexity index is 26.7. The molecule has 0 aliphatic heterocycles. The third-order valence-corrected chi connectivity index (χ3v) is 0.672. The number of nitrogens with one attached hydrogen (secondary N) is 1. The first-order valence-electron chi connectivity index (χ1n) is 2.12. The maximum atomic E-state index is 11.8. The minimum absolute atomic E-state index is 0.552. The summed E-state index contributed by atoms with van der Waals surface area (Å²) in [5.74, 6) is 0. The van der Waals surface area contributed by atoms with E-state index < -0.39 is 6.30 Å². The summed E-state index contributed by atoms with van der Waals surface area (Å²) < 4.78 is 11.8. The van der Waals surface area contributed by atoms with Crippen LogP contribution in [0, 0.1) is 0 Å². The molecule has 0 radical (unpaired) electrons. The number of hydrogen-bond donors (Lipinski definition) is 1. The monoisotopic (exact) mass is 91.1 g/mol. The molecule has 0 aromatic rings. The second-order valence-corrected chi connectivity index (χ2v) is 1.16. The van der Waals surface area contributed by atoms with Gasteiger partial charge in [-0.1, -0.05) is 6.92 Å². The van der Waals surface area contributed by atoms with Crippen LogP contribution in [0.2, 0.25) is 0 Å². The van der Waals surface area contributed by atoms with Crippen molar-refractivity contribution in [3.63, 3.8) is 0 Å². The molecule has 1 nitrogen and oxygen atoms in total. The number of halogens is 1. The van der Waals surface area contributed by atoms with E-state index in [2.05, 4.69) is 5.32 Å². The molecule has 0 heterocycles. The second kappa shape index (κ2) is 3.09. The zero-order valence-corrected chi connectivity index (χ0v) is 4.16. The molecule has 0 rings (SSSR count). The van der Waals surface area contributed by atoms with Gasteiger partial charge >= 0.3 is 0 Å². The van der Waals surface area contributed by atoms with E-state index in [1.807, 2.05) is 0 Å². The van der Waals surface area contributed by atoms with Crippen molar-refractivity contribution in [2.45, 2.75) is 19.6 Å². The molecule has 38 valence electrons. The van der Waals surface area contributed by atoms with Gasteiger partial charge in [-0.3, -0.25) is 5.32 Å². The molecular formula is C4H10FN. The fourth-order valence-corrected chi connectivity index (χ4v) is 0.204. The van der Waals surface area contributed by atoms with Gasteiger partial charge in [0.05, 0.1) is 0 Å². The van der Waals surface area contributed by atoms with Gasteiger partial charge in [0.2, 0.25) is 0 Å². The molecule has 6 heavy (non-hydrogen) atoms. The maximum Gasteiger partial charge on any atom is 0.150 e. The topological polar surface area (TPSA) is 12.0 Å². The van der Waals surface area contributed by atoms with Crippen molar-refractivity contribution in [2.24, 2.45) is 0 Å². The number of hydrogen-bond acceptors (Lipinski definition) is 1. The van der Waals surface area contributed by atoms with Crippen LogP contribution in [0.4, 0.5) is 4.39 Å². The summed E-state index contributed by atoms with van der Waals surface area (Å²) in [5.41, 5.74) is 0. The van der Waals surface area contributed by atoms with Gasteiger partial charge in [0.1, 0.15) is 0 Å². The summed E-state index contributed by atoms with van der Waals surface area (Å²) in [4.78, 5) is 0. The van der Waals surface area contributed by atoms with Crippen molar-refractivity contribution in [1.29, 1.82) is 0 Å². The van der Waals surface area contributed by atoms with E-state index in [1.165, 1.54) is 0 Å². The van der Waals surface area contributed by atoms with E-state index in [0.717, 1.165) is 0 Å². The van der Waals surface area contributed by atoms with Crippen LogP contribution in [-0.4, -0.2) is 13.3 Å². The van der Waals surface area contributed by atoms with Crippen LogP contribution in [0.15, 0.2) is 0 Å². The molecular weight excluding hydrogens is 81.0 g/mol. The first-order valence-corrected chi connectivity index (χ1v) is 2.12. The zero-order valence-electron chi connectivity index (χ0n) is 4.16. The average Bonchev–Trinajstić information content (AvgIpc) is 1.65. The van der Waals surface area contributed by atoms with Gasteiger partial charge in [0, 0.05) is 0 Å². The minimum Gasteiger partial charge on any atom is -0.291 e. The van der Waals surface area contributed by atoms with Crippen molar-refractivity contribution in [1.82, 2.24) is 5.32 Å². The lowest BCUT2D eigenvalue weighted by molar-refractivity contribution is 0.283. The molecule has 1 N–H and O–H groups in total. The largest absolute Gasteiger partial charge is 0.291 e. The summed E-state index contributed by atoms with van der Waals surface area (Å²) in [7, 11) is 1.61. The Labute approximate surface area is 37.5 Å². The van der Waals surface area contributed by atoms with Crippen molar-refractivity contribution in [3.8, 4) is 0 Å². The van der Waals surface area contributed by atoms with Gasteiger partial charge < -0.3 is 0 Å². The molecule has 0 spiro atoms. The smallest absolute Gasteiger partial charge is 0.150 e. The molecule has 0 aliphatic rings. The molecule has 0 aliphatic carbocycles. The van der Waals surface area contributed by atoms with Gasteiger partial charge in [0.15, 0.2) is 6.30 Å². The highest BCUT2D eigenvalue weighted by Crippen LogP contribution is 1.86. The SMILES string of the molecule is CC[C@H](F)NC. The quantitative estimate of drug-likeness (QED) is 0.498. The fraction of sp³-hybridized carbons (Fsp3) is 1.00. The van der Waals surface area contributed by atoms with Crippen LogP contribution < -0.4 is 5.32 Å². The van der Waals surface area contributed by atoms with Gasteiger partial charge in [-0.2, -0.15) is 0 Å². The van der Waals surface area contributed by atoms with Crippen molar-refractivity contribution >= 4 is 0 Å². The van der Waals surface area contributed by atoms with Gasteiger partial charge in [-0.25, -0.2) is 4.39 Å². The van der Waals surface area contributed by atoms with Gasteiger partial charge in [0.25, 0.3) is 0 Å². The van der Waals surface area contributed by atoms with E-state index in [9.17, 15) is 4.39 Å². The Kier molecular flexibility index (Phi) is 3.04. The Morgan fingerprint density at radius 2 is 2.33 bits per heavy atom. The normalized spacial score (nSPS) is 14.5. The third-order valence-electron chi connectivity index (χ3n) is 0.672. The van der Waals surface area contributed by atoms with E-state index in [-0.39, 0.29) is 0 Å². The molecule has 0 saturated carbocycles.